The maximum absolute atomic E-state index is 13.2. The molecule has 2 aromatic carbocycles. The molecule has 25 heavy (non-hydrogen) atoms. The average Bonchev–Trinajstić information content (AvgIpc) is 3.42. The van der Waals surface area contributed by atoms with Crippen molar-refractivity contribution in [3.05, 3.63) is 75.2 Å². The summed E-state index contributed by atoms with van der Waals surface area (Å²) < 4.78 is 1.00. The molecule has 2 heterocycles. The van der Waals surface area contributed by atoms with Crippen molar-refractivity contribution in [3.8, 4) is 0 Å². The minimum atomic E-state index is -0.0691. The van der Waals surface area contributed by atoms with Crippen molar-refractivity contribution >= 4 is 45.0 Å². The highest BCUT2D eigenvalue weighted by Crippen LogP contribution is 2.35. The molecule has 0 spiro atoms. The van der Waals surface area contributed by atoms with Crippen LogP contribution in [0, 0.1) is 0 Å². The Balaban J connectivity index is 1.86. The van der Waals surface area contributed by atoms with E-state index in [0.29, 0.717) is 5.57 Å². The van der Waals surface area contributed by atoms with E-state index in [1.165, 1.54) is 5.01 Å². The molecule has 0 aliphatic carbocycles. The second kappa shape index (κ2) is 6.69. The van der Waals surface area contributed by atoms with E-state index >= 15 is 0 Å². The number of carbonyl (C=O) groups excluding carboxylic acids is 1. The van der Waals surface area contributed by atoms with Gasteiger partial charge in [-0.25, -0.2) is 0 Å². The minimum absolute atomic E-state index is 0.0691. The molecule has 0 unspecified atom stereocenters. The van der Waals surface area contributed by atoms with Crippen molar-refractivity contribution in [1.29, 1.82) is 0 Å². The Morgan fingerprint density at radius 3 is 2.36 bits per heavy atom. The predicted octanol–water partition coefficient (Wildman–Crippen LogP) is 4.09. The van der Waals surface area contributed by atoms with Gasteiger partial charge in [0.15, 0.2) is 0 Å². The molecule has 6 heteroatoms. The highest BCUT2D eigenvalue weighted by Gasteiger charge is 2.37. The first kappa shape index (κ1) is 16.4. The number of carbonyl (C=O) groups is 1. The van der Waals surface area contributed by atoms with Gasteiger partial charge in [0, 0.05) is 23.1 Å². The molecule has 2 aliphatic heterocycles. The van der Waals surface area contributed by atoms with Gasteiger partial charge in [0.25, 0.3) is 5.91 Å². The molecule has 4 nitrogen and oxygen atoms in total. The number of thioether (sulfide) groups is 1. The molecule has 126 valence electrons. The summed E-state index contributed by atoms with van der Waals surface area (Å²) in [5.74, 6) is -0.0691. The van der Waals surface area contributed by atoms with Crippen LogP contribution in [0.4, 0.5) is 5.69 Å². The molecule has 0 N–H and O–H groups in total. The molecule has 0 aromatic heterocycles. The predicted molar refractivity (Wildman–Crippen MR) is 107 cm³/mol. The Kier molecular flexibility index (Phi) is 4.39. The van der Waals surface area contributed by atoms with Crippen molar-refractivity contribution in [2.45, 2.75) is 0 Å². The molecule has 2 aliphatic rings. The Hall–Kier alpha value is -2.05. The summed E-state index contributed by atoms with van der Waals surface area (Å²) in [6.45, 7) is 1.98. The standard InChI is InChI=1S/C19H16BrN3OS/c1-25-19(22-11-12-22)16-17(13-7-9-14(20)10-8-13)21-23(18(16)24)15-5-3-2-4-6-15/h2-10H,11-12H2,1H3. The number of halogens is 1. The van der Waals surface area contributed by atoms with Gasteiger partial charge in [-0.05, 0) is 30.5 Å². The summed E-state index contributed by atoms with van der Waals surface area (Å²) in [6.07, 6.45) is 2.01. The maximum atomic E-state index is 13.2. The smallest absolute Gasteiger partial charge is 0.283 e. The van der Waals surface area contributed by atoms with Gasteiger partial charge in [-0.2, -0.15) is 10.1 Å². The lowest BCUT2D eigenvalue weighted by Gasteiger charge is -2.13. The SMILES string of the molecule is CSC(=C1C(=O)N(c2ccccc2)N=C1c1ccc(Br)cc1)N1CC1. The van der Waals surface area contributed by atoms with Crippen molar-refractivity contribution in [1.82, 2.24) is 4.90 Å². The van der Waals surface area contributed by atoms with E-state index in [9.17, 15) is 4.79 Å². The number of benzene rings is 2. The molecular formula is C19H16BrN3OS. The zero-order chi connectivity index (χ0) is 17.4. The zero-order valence-corrected chi connectivity index (χ0v) is 16.0. The normalized spacial score (nSPS) is 18.5. The number of nitrogens with zero attached hydrogens (tertiary/aromatic N) is 3. The van der Waals surface area contributed by atoms with Gasteiger partial charge in [-0.15, -0.1) is 11.8 Å². The van der Waals surface area contributed by atoms with Gasteiger partial charge >= 0.3 is 0 Å². The average molecular weight is 414 g/mol. The number of para-hydroxylation sites is 1. The molecule has 4 rings (SSSR count). The second-order valence-corrected chi connectivity index (χ2v) is 7.49. The summed E-state index contributed by atoms with van der Waals surface area (Å²) in [5.41, 5.74) is 3.15. The fraction of sp³-hybridized carbons (Fsp3) is 0.158. The van der Waals surface area contributed by atoms with Gasteiger partial charge in [0.1, 0.15) is 5.71 Å². The summed E-state index contributed by atoms with van der Waals surface area (Å²) in [4.78, 5) is 15.4. The van der Waals surface area contributed by atoms with Crippen LogP contribution in [0.5, 0.6) is 0 Å². The quantitative estimate of drug-likeness (QED) is 0.559. The largest absolute Gasteiger partial charge is 0.362 e. The van der Waals surface area contributed by atoms with Gasteiger partial charge in [0.2, 0.25) is 0 Å². The fourth-order valence-electron chi connectivity index (χ4n) is 2.79. The molecule has 1 amide bonds. The van der Waals surface area contributed by atoms with E-state index in [2.05, 4.69) is 25.9 Å². The van der Waals surface area contributed by atoms with Crippen LogP contribution in [-0.4, -0.2) is 35.9 Å². The van der Waals surface area contributed by atoms with E-state index in [-0.39, 0.29) is 5.91 Å². The molecule has 0 radical (unpaired) electrons. The molecule has 2 aromatic rings. The van der Waals surface area contributed by atoms with E-state index in [0.717, 1.165) is 39.6 Å². The number of hydrazone groups is 1. The van der Waals surface area contributed by atoms with Crippen LogP contribution in [0.3, 0.4) is 0 Å². The van der Waals surface area contributed by atoms with Crippen molar-refractivity contribution in [2.75, 3.05) is 24.4 Å². The van der Waals surface area contributed by atoms with Gasteiger partial charge < -0.3 is 4.90 Å². The van der Waals surface area contributed by atoms with Gasteiger partial charge in [-0.3, -0.25) is 4.79 Å². The topological polar surface area (TPSA) is 35.7 Å². The maximum Gasteiger partial charge on any atom is 0.283 e. The van der Waals surface area contributed by atoms with Crippen molar-refractivity contribution in [3.63, 3.8) is 0 Å². The summed E-state index contributed by atoms with van der Waals surface area (Å²) in [7, 11) is 0. The van der Waals surface area contributed by atoms with Crippen LogP contribution < -0.4 is 5.01 Å². The lowest BCUT2D eigenvalue weighted by atomic mass is 10.0. The molecule has 1 fully saturated rings. The minimum Gasteiger partial charge on any atom is -0.362 e. The summed E-state index contributed by atoms with van der Waals surface area (Å²) in [6, 6.07) is 17.5. The Labute approximate surface area is 159 Å². The monoisotopic (exact) mass is 413 g/mol. The van der Waals surface area contributed by atoms with Crippen LogP contribution in [0.25, 0.3) is 0 Å². The highest BCUT2D eigenvalue weighted by atomic mass is 79.9. The first-order chi connectivity index (χ1) is 12.2. The van der Waals surface area contributed by atoms with Crippen LogP contribution in [0.1, 0.15) is 5.56 Å². The lowest BCUT2D eigenvalue weighted by molar-refractivity contribution is -0.114. The van der Waals surface area contributed by atoms with Gasteiger partial charge in [0.05, 0.1) is 16.3 Å². The summed E-state index contributed by atoms with van der Waals surface area (Å²) in [5, 5.41) is 7.20. The van der Waals surface area contributed by atoms with Crippen LogP contribution in [-0.2, 0) is 4.79 Å². The Morgan fingerprint density at radius 2 is 1.76 bits per heavy atom. The second-order valence-electron chi connectivity index (χ2n) is 5.78. The third-order valence-corrected chi connectivity index (χ3v) is 5.48. The van der Waals surface area contributed by atoms with E-state index in [1.807, 2.05) is 60.9 Å². The number of hydrogen-bond acceptors (Lipinski definition) is 4. The number of anilines is 1. The fourth-order valence-corrected chi connectivity index (χ4v) is 3.88. The molecule has 0 saturated carbocycles. The molecule has 1 saturated heterocycles. The Bertz CT molecular complexity index is 873. The van der Waals surface area contributed by atoms with Crippen LogP contribution in [0.2, 0.25) is 0 Å². The van der Waals surface area contributed by atoms with Crippen molar-refractivity contribution < 1.29 is 4.79 Å². The third-order valence-electron chi connectivity index (χ3n) is 4.10. The number of hydrogen-bond donors (Lipinski definition) is 0. The molecule has 0 atom stereocenters. The first-order valence-corrected chi connectivity index (χ1v) is 9.98. The zero-order valence-electron chi connectivity index (χ0n) is 13.6. The summed E-state index contributed by atoms with van der Waals surface area (Å²) >= 11 is 5.07. The highest BCUT2D eigenvalue weighted by molar-refractivity contribution is 9.10. The number of rotatable bonds is 4. The van der Waals surface area contributed by atoms with Crippen LogP contribution in [0.15, 0.2) is 74.8 Å². The van der Waals surface area contributed by atoms with E-state index < -0.39 is 0 Å². The molecular weight excluding hydrogens is 398 g/mol. The van der Waals surface area contributed by atoms with Gasteiger partial charge in [-0.1, -0.05) is 46.3 Å². The van der Waals surface area contributed by atoms with E-state index in [4.69, 9.17) is 0 Å². The molecule has 0 bridgehead atoms. The lowest BCUT2D eigenvalue weighted by Crippen LogP contribution is -2.23. The third kappa shape index (κ3) is 3.12. The number of amides is 1. The van der Waals surface area contributed by atoms with Crippen molar-refractivity contribution in [2.24, 2.45) is 5.10 Å². The van der Waals surface area contributed by atoms with Crippen LogP contribution >= 0.6 is 27.7 Å². The first-order valence-electron chi connectivity index (χ1n) is 7.96. The Morgan fingerprint density at radius 1 is 1.08 bits per heavy atom. The van der Waals surface area contributed by atoms with E-state index in [1.54, 1.807) is 11.8 Å².